The summed E-state index contributed by atoms with van der Waals surface area (Å²) < 4.78 is 0. The van der Waals surface area contributed by atoms with Crippen molar-refractivity contribution in [2.24, 2.45) is 11.1 Å². The van der Waals surface area contributed by atoms with Gasteiger partial charge in [-0.05, 0) is 19.3 Å². The molecule has 1 aliphatic rings. The lowest BCUT2D eigenvalue weighted by Gasteiger charge is -2.40. The Kier molecular flexibility index (Phi) is 4.74. The normalized spacial score (nSPS) is 25.3. The van der Waals surface area contributed by atoms with Gasteiger partial charge in [-0.25, -0.2) is 0 Å². The molecule has 0 saturated carbocycles. The van der Waals surface area contributed by atoms with Crippen LogP contribution in [0.15, 0.2) is 0 Å². The zero-order valence-corrected chi connectivity index (χ0v) is 10.7. The van der Waals surface area contributed by atoms with Gasteiger partial charge in [-0.1, -0.05) is 6.92 Å². The molecule has 0 aromatic rings. The molecule has 1 saturated heterocycles. The van der Waals surface area contributed by atoms with Gasteiger partial charge in [0.2, 0.25) is 5.91 Å². The molecule has 2 atom stereocenters. The van der Waals surface area contributed by atoms with Crippen LogP contribution in [0, 0.1) is 17.8 Å². The maximum atomic E-state index is 12.0. The highest BCUT2D eigenvalue weighted by Gasteiger charge is 2.42. The molecule has 1 fully saturated rings. The first-order valence-corrected chi connectivity index (χ1v) is 6.18. The fourth-order valence-electron chi connectivity index (χ4n) is 2.38. The van der Waals surface area contributed by atoms with Crippen LogP contribution in [0.5, 0.6) is 0 Å². The van der Waals surface area contributed by atoms with Crippen molar-refractivity contribution in [3.63, 3.8) is 0 Å². The molecule has 0 aliphatic carbocycles. The van der Waals surface area contributed by atoms with Crippen LogP contribution in [0.4, 0.5) is 0 Å². The highest BCUT2D eigenvalue weighted by molar-refractivity contribution is 5.83. The van der Waals surface area contributed by atoms with Crippen LogP contribution < -0.4 is 5.73 Å². The molecule has 1 aliphatic heterocycles. The number of carboxylic acids is 1. The summed E-state index contributed by atoms with van der Waals surface area (Å²) in [6.45, 7) is 2.63. The SMILES string of the molecule is C#CCC(N)C(=O)N1CCCC(CC)(C(=O)O)C1. The van der Waals surface area contributed by atoms with Crippen molar-refractivity contribution in [2.75, 3.05) is 13.1 Å². The largest absolute Gasteiger partial charge is 0.481 e. The quantitative estimate of drug-likeness (QED) is 0.711. The molecule has 0 aromatic heterocycles. The molecule has 5 heteroatoms. The maximum absolute atomic E-state index is 12.0. The van der Waals surface area contributed by atoms with E-state index in [1.54, 1.807) is 4.90 Å². The Morgan fingerprint density at radius 2 is 2.28 bits per heavy atom. The average molecular weight is 252 g/mol. The number of rotatable bonds is 4. The molecule has 100 valence electrons. The zero-order valence-electron chi connectivity index (χ0n) is 10.7. The van der Waals surface area contributed by atoms with E-state index in [1.807, 2.05) is 6.92 Å². The van der Waals surface area contributed by atoms with Crippen molar-refractivity contribution >= 4 is 11.9 Å². The van der Waals surface area contributed by atoms with Crippen molar-refractivity contribution in [1.82, 2.24) is 4.90 Å². The molecule has 0 spiro atoms. The summed E-state index contributed by atoms with van der Waals surface area (Å²) in [6.07, 6.45) is 7.12. The second-order valence-electron chi connectivity index (χ2n) is 4.82. The summed E-state index contributed by atoms with van der Waals surface area (Å²) in [7, 11) is 0. The molecule has 0 aromatic carbocycles. The van der Waals surface area contributed by atoms with Crippen LogP contribution in [0.2, 0.25) is 0 Å². The topological polar surface area (TPSA) is 83.6 Å². The Hall–Kier alpha value is -1.54. The molecular weight excluding hydrogens is 232 g/mol. The number of carbonyl (C=O) groups excluding carboxylic acids is 1. The molecule has 2 unspecified atom stereocenters. The predicted octanol–water partition coefficient (Wildman–Crippen LogP) is 0.440. The molecule has 1 rings (SSSR count). The third kappa shape index (κ3) is 2.82. The average Bonchev–Trinajstić information content (AvgIpc) is 2.37. The number of nitrogens with two attached hydrogens (primary N) is 1. The van der Waals surface area contributed by atoms with E-state index in [9.17, 15) is 14.7 Å². The fourth-order valence-corrected chi connectivity index (χ4v) is 2.38. The van der Waals surface area contributed by atoms with Gasteiger partial charge in [-0.2, -0.15) is 0 Å². The number of piperidine rings is 1. The lowest BCUT2D eigenvalue weighted by molar-refractivity contribution is -0.155. The number of terminal acetylenes is 1. The van der Waals surface area contributed by atoms with E-state index < -0.39 is 17.4 Å². The molecule has 0 radical (unpaired) electrons. The van der Waals surface area contributed by atoms with Crippen LogP contribution in [-0.4, -0.2) is 41.0 Å². The first-order valence-electron chi connectivity index (χ1n) is 6.18. The monoisotopic (exact) mass is 252 g/mol. The maximum Gasteiger partial charge on any atom is 0.311 e. The van der Waals surface area contributed by atoms with E-state index >= 15 is 0 Å². The van der Waals surface area contributed by atoms with Crippen LogP contribution >= 0.6 is 0 Å². The van der Waals surface area contributed by atoms with E-state index in [2.05, 4.69) is 5.92 Å². The summed E-state index contributed by atoms with van der Waals surface area (Å²) in [5.74, 6) is 1.27. The third-order valence-corrected chi connectivity index (χ3v) is 3.67. The third-order valence-electron chi connectivity index (χ3n) is 3.67. The molecule has 5 nitrogen and oxygen atoms in total. The van der Waals surface area contributed by atoms with Gasteiger partial charge in [-0.3, -0.25) is 9.59 Å². The first kappa shape index (κ1) is 14.5. The standard InChI is InChI=1S/C13H20N2O3/c1-3-6-10(14)11(16)15-8-5-7-13(4-2,9-15)12(17)18/h1,10H,4-9,14H2,2H3,(H,17,18). The number of amides is 1. The molecule has 0 bridgehead atoms. The van der Waals surface area contributed by atoms with Crippen molar-refractivity contribution in [3.05, 3.63) is 0 Å². The number of carbonyl (C=O) groups is 2. The van der Waals surface area contributed by atoms with Crippen LogP contribution in [0.25, 0.3) is 0 Å². The molecule has 18 heavy (non-hydrogen) atoms. The summed E-state index contributed by atoms with van der Waals surface area (Å²) >= 11 is 0. The fraction of sp³-hybridized carbons (Fsp3) is 0.692. The van der Waals surface area contributed by atoms with Gasteiger partial charge in [0.1, 0.15) is 0 Å². The minimum absolute atomic E-state index is 0.182. The lowest BCUT2D eigenvalue weighted by atomic mass is 9.77. The van der Waals surface area contributed by atoms with Crippen molar-refractivity contribution in [2.45, 2.75) is 38.6 Å². The summed E-state index contributed by atoms with van der Waals surface area (Å²) in [5, 5.41) is 9.33. The number of aliphatic carboxylic acids is 1. The van der Waals surface area contributed by atoms with Crippen molar-refractivity contribution < 1.29 is 14.7 Å². The van der Waals surface area contributed by atoms with Crippen LogP contribution in [0.1, 0.15) is 32.6 Å². The van der Waals surface area contributed by atoms with E-state index in [-0.39, 0.29) is 18.9 Å². The number of carboxylic acid groups (broad SMARTS) is 1. The van der Waals surface area contributed by atoms with E-state index in [1.165, 1.54) is 0 Å². The van der Waals surface area contributed by atoms with Gasteiger partial charge >= 0.3 is 5.97 Å². The minimum atomic E-state index is -0.840. The van der Waals surface area contributed by atoms with Gasteiger partial charge in [-0.15, -0.1) is 12.3 Å². The second-order valence-corrected chi connectivity index (χ2v) is 4.82. The summed E-state index contributed by atoms with van der Waals surface area (Å²) in [6, 6.07) is -0.726. The van der Waals surface area contributed by atoms with E-state index in [4.69, 9.17) is 12.2 Å². The Morgan fingerprint density at radius 3 is 2.78 bits per heavy atom. The highest BCUT2D eigenvalue weighted by atomic mass is 16.4. The summed E-state index contributed by atoms with van der Waals surface area (Å²) in [4.78, 5) is 24.9. The van der Waals surface area contributed by atoms with Gasteiger partial charge in [0.15, 0.2) is 0 Å². The smallest absolute Gasteiger partial charge is 0.311 e. The number of nitrogens with zero attached hydrogens (tertiary/aromatic N) is 1. The Labute approximate surface area is 107 Å². The van der Waals surface area contributed by atoms with Gasteiger partial charge < -0.3 is 15.7 Å². The minimum Gasteiger partial charge on any atom is -0.481 e. The number of hydrogen-bond acceptors (Lipinski definition) is 3. The Balaban J connectivity index is 2.78. The van der Waals surface area contributed by atoms with Gasteiger partial charge in [0.05, 0.1) is 11.5 Å². The molecular formula is C13H20N2O3. The van der Waals surface area contributed by atoms with Gasteiger partial charge in [0.25, 0.3) is 0 Å². The zero-order chi connectivity index (χ0) is 13.8. The van der Waals surface area contributed by atoms with E-state index in [0.717, 1.165) is 0 Å². The second kappa shape index (κ2) is 5.87. The van der Waals surface area contributed by atoms with Crippen molar-refractivity contribution in [3.8, 4) is 12.3 Å². The predicted molar refractivity (Wildman–Crippen MR) is 67.6 cm³/mol. The van der Waals surface area contributed by atoms with Gasteiger partial charge in [0, 0.05) is 19.5 Å². The lowest BCUT2D eigenvalue weighted by Crippen LogP contribution is -2.53. The van der Waals surface area contributed by atoms with Crippen LogP contribution in [0.3, 0.4) is 0 Å². The number of hydrogen-bond donors (Lipinski definition) is 2. The summed E-state index contributed by atoms with van der Waals surface area (Å²) in [5.41, 5.74) is 4.85. The van der Waals surface area contributed by atoms with E-state index in [0.29, 0.717) is 25.8 Å². The number of likely N-dealkylation sites (tertiary alicyclic amines) is 1. The Morgan fingerprint density at radius 1 is 1.61 bits per heavy atom. The molecule has 1 amide bonds. The Bertz CT molecular complexity index is 375. The van der Waals surface area contributed by atoms with Crippen molar-refractivity contribution in [1.29, 1.82) is 0 Å². The first-order chi connectivity index (χ1) is 8.46. The highest BCUT2D eigenvalue weighted by Crippen LogP contribution is 2.33. The molecule has 1 heterocycles. The van der Waals surface area contributed by atoms with Crippen LogP contribution in [-0.2, 0) is 9.59 Å². The molecule has 3 N–H and O–H groups in total.